The van der Waals surface area contributed by atoms with Crippen molar-refractivity contribution in [2.24, 2.45) is 17.8 Å². The highest BCUT2D eigenvalue weighted by Gasteiger charge is 2.35. The Morgan fingerprint density at radius 3 is 2.00 bits per heavy atom. The lowest BCUT2D eigenvalue weighted by Gasteiger charge is -2.38. The highest BCUT2D eigenvalue weighted by Crippen LogP contribution is 2.46. The number of rotatable bonds is 4. The molecule has 3 rings (SSSR count). The van der Waals surface area contributed by atoms with Crippen molar-refractivity contribution < 1.29 is 17.9 Å². The van der Waals surface area contributed by atoms with Gasteiger partial charge in [0.1, 0.15) is 5.75 Å². The topological polar surface area (TPSA) is 9.23 Å². The van der Waals surface area contributed by atoms with E-state index in [1.807, 2.05) is 6.07 Å². The van der Waals surface area contributed by atoms with Crippen LogP contribution in [0.3, 0.4) is 0 Å². The van der Waals surface area contributed by atoms with Gasteiger partial charge in [0.15, 0.2) is 0 Å². The van der Waals surface area contributed by atoms with Gasteiger partial charge >= 0.3 is 6.36 Å². The Labute approximate surface area is 149 Å². The number of hydrogen-bond donors (Lipinski definition) is 0. The maximum atomic E-state index is 12.6. The van der Waals surface area contributed by atoms with Crippen LogP contribution in [0.5, 0.6) is 5.75 Å². The summed E-state index contributed by atoms with van der Waals surface area (Å²) < 4.78 is 42.1. The molecular formula is C21H29F3O. The summed E-state index contributed by atoms with van der Waals surface area (Å²) in [7, 11) is 0. The first-order chi connectivity index (χ1) is 12.0. The minimum absolute atomic E-state index is 0.0121. The van der Waals surface area contributed by atoms with Gasteiger partial charge in [0, 0.05) is 0 Å². The fourth-order valence-electron chi connectivity index (χ4n) is 5.00. The summed E-state index contributed by atoms with van der Waals surface area (Å²) in [4.78, 5) is 0. The SMILES string of the molecule is CC[C@H]1CC[C@H](C2CCC(c3ccccc3OC(F)(F)F)CC2)CC1. The highest BCUT2D eigenvalue weighted by molar-refractivity contribution is 5.36. The molecule has 0 bridgehead atoms. The molecule has 140 valence electrons. The first-order valence-corrected chi connectivity index (χ1v) is 9.81. The molecule has 0 amide bonds. The van der Waals surface area contributed by atoms with E-state index in [0.29, 0.717) is 0 Å². The second-order valence-electron chi connectivity index (χ2n) is 7.89. The second-order valence-corrected chi connectivity index (χ2v) is 7.89. The molecule has 0 unspecified atom stereocenters. The van der Waals surface area contributed by atoms with Gasteiger partial charge in [-0.25, -0.2) is 0 Å². The Hall–Kier alpha value is -1.19. The van der Waals surface area contributed by atoms with Gasteiger partial charge in [0.2, 0.25) is 0 Å². The van der Waals surface area contributed by atoms with Crippen LogP contribution in [0.4, 0.5) is 13.2 Å². The van der Waals surface area contributed by atoms with Crippen LogP contribution < -0.4 is 4.74 Å². The quantitative estimate of drug-likeness (QED) is 0.561. The van der Waals surface area contributed by atoms with E-state index >= 15 is 0 Å². The molecule has 0 heterocycles. The predicted molar refractivity (Wildman–Crippen MR) is 93.6 cm³/mol. The molecule has 0 N–H and O–H groups in total. The molecule has 2 aliphatic carbocycles. The van der Waals surface area contributed by atoms with Gasteiger partial charge in [-0.1, -0.05) is 44.4 Å². The number of para-hydroxylation sites is 1. The van der Waals surface area contributed by atoms with Crippen LogP contribution in [0.15, 0.2) is 24.3 Å². The monoisotopic (exact) mass is 354 g/mol. The lowest BCUT2D eigenvalue weighted by atomic mass is 9.68. The number of alkyl halides is 3. The van der Waals surface area contributed by atoms with Crippen LogP contribution in [0.2, 0.25) is 0 Å². The Kier molecular flexibility index (Phi) is 5.96. The van der Waals surface area contributed by atoms with E-state index in [1.54, 1.807) is 12.1 Å². The van der Waals surface area contributed by atoms with Crippen LogP contribution in [0, 0.1) is 17.8 Å². The molecule has 0 aromatic heterocycles. The third-order valence-corrected chi connectivity index (χ3v) is 6.49. The van der Waals surface area contributed by atoms with Crippen molar-refractivity contribution in [1.29, 1.82) is 0 Å². The van der Waals surface area contributed by atoms with Crippen molar-refractivity contribution in [2.75, 3.05) is 0 Å². The highest BCUT2D eigenvalue weighted by atomic mass is 19.4. The number of ether oxygens (including phenoxy) is 1. The molecule has 0 spiro atoms. The normalized spacial score (nSPS) is 30.9. The maximum Gasteiger partial charge on any atom is 0.573 e. The summed E-state index contributed by atoms with van der Waals surface area (Å²) in [6, 6.07) is 6.68. The van der Waals surface area contributed by atoms with Crippen molar-refractivity contribution in [3.05, 3.63) is 29.8 Å². The molecule has 25 heavy (non-hydrogen) atoms. The van der Waals surface area contributed by atoms with Gasteiger partial charge < -0.3 is 4.74 Å². The van der Waals surface area contributed by atoms with Crippen LogP contribution in [-0.2, 0) is 0 Å². The fraction of sp³-hybridized carbons (Fsp3) is 0.714. The minimum Gasteiger partial charge on any atom is -0.405 e. The lowest BCUT2D eigenvalue weighted by Crippen LogP contribution is -2.25. The zero-order chi connectivity index (χ0) is 17.9. The largest absolute Gasteiger partial charge is 0.573 e. The third kappa shape index (κ3) is 4.92. The van der Waals surface area contributed by atoms with Gasteiger partial charge in [-0.2, -0.15) is 0 Å². The first kappa shape index (κ1) is 18.6. The van der Waals surface area contributed by atoms with E-state index in [0.717, 1.165) is 49.0 Å². The van der Waals surface area contributed by atoms with Gasteiger partial charge in [-0.3, -0.25) is 0 Å². The van der Waals surface area contributed by atoms with E-state index in [1.165, 1.54) is 38.2 Å². The van der Waals surface area contributed by atoms with E-state index in [-0.39, 0.29) is 11.7 Å². The Morgan fingerprint density at radius 1 is 0.880 bits per heavy atom. The van der Waals surface area contributed by atoms with Gasteiger partial charge in [-0.05, 0) is 73.8 Å². The molecular weight excluding hydrogens is 325 g/mol. The van der Waals surface area contributed by atoms with Crippen LogP contribution >= 0.6 is 0 Å². The standard InChI is InChI=1S/C21H29F3O/c1-2-15-7-9-16(10-8-15)17-11-13-18(14-12-17)19-5-3-4-6-20(19)25-21(22,23)24/h3-6,15-18H,2,7-14H2,1H3/t15-,16-,17?,18?. The second kappa shape index (κ2) is 8.01. The maximum absolute atomic E-state index is 12.6. The molecule has 1 nitrogen and oxygen atoms in total. The van der Waals surface area contributed by atoms with Crippen molar-refractivity contribution in [3.8, 4) is 5.75 Å². The molecule has 2 fully saturated rings. The molecule has 4 heteroatoms. The molecule has 0 saturated heterocycles. The van der Waals surface area contributed by atoms with E-state index in [4.69, 9.17) is 0 Å². The smallest absolute Gasteiger partial charge is 0.405 e. The molecule has 2 saturated carbocycles. The van der Waals surface area contributed by atoms with Gasteiger partial charge in [0.05, 0.1) is 0 Å². The molecule has 0 atom stereocenters. The molecule has 0 radical (unpaired) electrons. The van der Waals surface area contributed by atoms with Crippen LogP contribution in [0.25, 0.3) is 0 Å². The summed E-state index contributed by atoms with van der Waals surface area (Å²) in [6.07, 6.45) is 6.36. The molecule has 1 aromatic carbocycles. The van der Waals surface area contributed by atoms with Gasteiger partial charge in [-0.15, -0.1) is 13.2 Å². The third-order valence-electron chi connectivity index (χ3n) is 6.49. The van der Waals surface area contributed by atoms with Crippen LogP contribution in [-0.4, -0.2) is 6.36 Å². The molecule has 2 aliphatic rings. The van der Waals surface area contributed by atoms with Crippen LogP contribution in [0.1, 0.15) is 76.2 Å². The van der Waals surface area contributed by atoms with E-state index in [9.17, 15) is 13.2 Å². The summed E-state index contributed by atoms with van der Waals surface area (Å²) in [5, 5.41) is 0. The summed E-state index contributed by atoms with van der Waals surface area (Å²) in [6.45, 7) is 2.29. The van der Waals surface area contributed by atoms with Crippen molar-refractivity contribution in [1.82, 2.24) is 0 Å². The average Bonchev–Trinajstić information content (AvgIpc) is 2.61. The van der Waals surface area contributed by atoms with E-state index < -0.39 is 6.36 Å². The zero-order valence-corrected chi connectivity index (χ0v) is 15.0. The molecule has 0 aliphatic heterocycles. The van der Waals surface area contributed by atoms with Crippen molar-refractivity contribution >= 4 is 0 Å². The summed E-state index contributed by atoms with van der Waals surface area (Å²) in [5.41, 5.74) is 0.730. The van der Waals surface area contributed by atoms with Gasteiger partial charge in [0.25, 0.3) is 0 Å². The molecule has 1 aromatic rings. The Morgan fingerprint density at radius 2 is 1.44 bits per heavy atom. The number of hydrogen-bond acceptors (Lipinski definition) is 1. The summed E-state index contributed by atoms with van der Waals surface area (Å²) >= 11 is 0. The van der Waals surface area contributed by atoms with Crippen molar-refractivity contribution in [3.63, 3.8) is 0 Å². The van der Waals surface area contributed by atoms with E-state index in [2.05, 4.69) is 11.7 Å². The Balaban J connectivity index is 1.58. The number of halogens is 3. The summed E-state index contributed by atoms with van der Waals surface area (Å²) in [5.74, 6) is 2.71. The fourth-order valence-corrected chi connectivity index (χ4v) is 5.00. The lowest BCUT2D eigenvalue weighted by molar-refractivity contribution is -0.275. The minimum atomic E-state index is -4.62. The average molecular weight is 354 g/mol. The Bertz CT molecular complexity index is 538. The predicted octanol–water partition coefficient (Wildman–Crippen LogP) is 7.08. The zero-order valence-electron chi connectivity index (χ0n) is 15.0. The number of benzene rings is 1. The van der Waals surface area contributed by atoms with Crippen molar-refractivity contribution in [2.45, 2.75) is 77.0 Å². The first-order valence-electron chi connectivity index (χ1n) is 9.81.